The molecule has 6 heteroatoms. The summed E-state index contributed by atoms with van der Waals surface area (Å²) in [6.45, 7) is 9.19. The molecule has 0 unspecified atom stereocenters. The first-order valence-corrected chi connectivity index (χ1v) is 8.28. The van der Waals surface area contributed by atoms with Crippen LogP contribution in [-0.4, -0.2) is 60.5 Å². The molecule has 5 nitrogen and oxygen atoms in total. The van der Waals surface area contributed by atoms with Crippen LogP contribution in [0.3, 0.4) is 0 Å². The lowest BCUT2D eigenvalue weighted by Gasteiger charge is -2.58. The van der Waals surface area contributed by atoms with Crippen LogP contribution in [0.15, 0.2) is 0 Å². The number of aryl methyl sites for hydroxylation is 1. The lowest BCUT2D eigenvalue weighted by Crippen LogP contribution is -2.72. The highest BCUT2D eigenvalue weighted by Crippen LogP contribution is 2.40. The van der Waals surface area contributed by atoms with E-state index in [2.05, 4.69) is 34.0 Å². The number of nitrogens with zero attached hydrogens (tertiary/aromatic N) is 4. The molecule has 1 atom stereocenters. The highest BCUT2D eigenvalue weighted by atomic mass is 32.1. The van der Waals surface area contributed by atoms with Crippen molar-refractivity contribution in [2.24, 2.45) is 5.92 Å². The average molecular weight is 296 g/mol. The van der Waals surface area contributed by atoms with Crippen LogP contribution in [0, 0.1) is 12.8 Å². The van der Waals surface area contributed by atoms with Crippen LogP contribution < -0.4 is 4.90 Å². The Bertz CT molecular complexity index is 456. The molecule has 1 spiro atoms. The van der Waals surface area contributed by atoms with Crippen LogP contribution in [0.25, 0.3) is 0 Å². The highest BCUT2D eigenvalue weighted by Gasteiger charge is 2.50. The Morgan fingerprint density at radius 1 is 1.40 bits per heavy atom. The number of likely N-dealkylation sites (tertiary alicyclic amines) is 1. The van der Waals surface area contributed by atoms with Gasteiger partial charge in [-0.1, -0.05) is 11.3 Å². The Morgan fingerprint density at radius 3 is 2.85 bits per heavy atom. The van der Waals surface area contributed by atoms with Crippen molar-refractivity contribution in [2.75, 3.05) is 44.8 Å². The van der Waals surface area contributed by atoms with Crippen molar-refractivity contribution in [3.63, 3.8) is 0 Å². The molecule has 0 bridgehead atoms. The molecule has 2 saturated heterocycles. The van der Waals surface area contributed by atoms with Gasteiger partial charge in [-0.25, -0.2) is 0 Å². The Morgan fingerprint density at radius 2 is 2.20 bits per heavy atom. The summed E-state index contributed by atoms with van der Waals surface area (Å²) in [6.07, 6.45) is 2.51. The molecule has 0 saturated carbocycles. The topological polar surface area (TPSA) is 41.5 Å². The van der Waals surface area contributed by atoms with E-state index >= 15 is 0 Å². The number of likely N-dealkylation sites (N-methyl/N-ethyl adjacent to an activating group) is 1. The Balaban J connectivity index is 1.61. The number of piperidine rings is 1. The smallest absolute Gasteiger partial charge is 0.208 e. The number of rotatable bonds is 4. The molecule has 2 fully saturated rings. The highest BCUT2D eigenvalue weighted by molar-refractivity contribution is 7.15. The zero-order valence-electron chi connectivity index (χ0n) is 12.6. The molecular weight excluding hydrogens is 272 g/mol. The first kappa shape index (κ1) is 14.2. The molecule has 112 valence electrons. The third-order valence-corrected chi connectivity index (χ3v) is 5.56. The van der Waals surface area contributed by atoms with Crippen molar-refractivity contribution in [3.8, 4) is 0 Å². The van der Waals surface area contributed by atoms with E-state index in [0.29, 0.717) is 11.5 Å². The van der Waals surface area contributed by atoms with Crippen molar-refractivity contribution in [2.45, 2.75) is 32.2 Å². The molecule has 2 aliphatic heterocycles. The number of ether oxygens (including phenoxy) is 1. The Hall–Kier alpha value is -0.720. The normalized spacial score (nSPS) is 25.9. The van der Waals surface area contributed by atoms with Crippen molar-refractivity contribution in [1.82, 2.24) is 15.1 Å². The molecule has 0 radical (unpaired) electrons. The molecule has 0 amide bonds. The van der Waals surface area contributed by atoms with E-state index < -0.39 is 0 Å². The van der Waals surface area contributed by atoms with Crippen molar-refractivity contribution in [3.05, 3.63) is 5.01 Å². The number of hydrogen-bond donors (Lipinski definition) is 0. The maximum atomic E-state index is 5.63. The van der Waals surface area contributed by atoms with Crippen molar-refractivity contribution < 1.29 is 4.74 Å². The van der Waals surface area contributed by atoms with Gasteiger partial charge in [0.2, 0.25) is 5.13 Å². The molecule has 3 rings (SSSR count). The zero-order chi connectivity index (χ0) is 14.2. The second kappa shape index (κ2) is 5.58. The fourth-order valence-corrected chi connectivity index (χ4v) is 4.11. The van der Waals surface area contributed by atoms with Gasteiger partial charge in [0.25, 0.3) is 0 Å². The Labute approximate surface area is 124 Å². The minimum absolute atomic E-state index is 0.333. The molecular formula is C14H24N4OS. The van der Waals surface area contributed by atoms with E-state index in [0.717, 1.165) is 36.4 Å². The monoisotopic (exact) mass is 296 g/mol. The van der Waals surface area contributed by atoms with Gasteiger partial charge in [-0.15, -0.1) is 10.2 Å². The molecule has 1 aromatic heterocycles. The maximum absolute atomic E-state index is 5.63. The minimum atomic E-state index is 0.333. The van der Waals surface area contributed by atoms with E-state index in [-0.39, 0.29) is 0 Å². The molecule has 0 aromatic carbocycles. The third-order valence-electron chi connectivity index (χ3n) is 4.67. The van der Waals surface area contributed by atoms with Gasteiger partial charge in [-0.3, -0.25) is 4.90 Å². The van der Waals surface area contributed by atoms with Crippen LogP contribution >= 0.6 is 11.3 Å². The predicted molar refractivity (Wildman–Crippen MR) is 81.4 cm³/mol. The fraction of sp³-hybridized carbons (Fsp3) is 0.857. The Kier molecular flexibility index (Phi) is 3.97. The first-order valence-electron chi connectivity index (χ1n) is 7.47. The zero-order valence-corrected chi connectivity index (χ0v) is 13.4. The molecule has 0 aliphatic carbocycles. The summed E-state index contributed by atoms with van der Waals surface area (Å²) in [5.74, 6) is 0.712. The van der Waals surface area contributed by atoms with Crippen LogP contribution in [0.1, 0.15) is 24.8 Å². The largest absolute Gasteiger partial charge is 0.381 e. The number of anilines is 1. The van der Waals surface area contributed by atoms with Gasteiger partial charge < -0.3 is 9.64 Å². The summed E-state index contributed by atoms with van der Waals surface area (Å²) >= 11 is 1.70. The molecule has 2 aliphatic rings. The van der Waals surface area contributed by atoms with E-state index in [1.807, 2.05) is 6.92 Å². The van der Waals surface area contributed by atoms with Crippen LogP contribution in [0.5, 0.6) is 0 Å². The summed E-state index contributed by atoms with van der Waals surface area (Å²) < 4.78 is 5.63. The first-order chi connectivity index (χ1) is 9.63. The SMILES string of the molecule is CCOC[C@H]1CCN(C)C2(C1)CN(c1nnc(C)s1)C2. The number of hydrogen-bond acceptors (Lipinski definition) is 6. The van der Waals surface area contributed by atoms with Crippen molar-refractivity contribution >= 4 is 16.5 Å². The second-order valence-electron chi connectivity index (χ2n) is 6.12. The fourth-order valence-electron chi connectivity index (χ4n) is 3.42. The summed E-state index contributed by atoms with van der Waals surface area (Å²) in [4.78, 5) is 4.91. The average Bonchev–Trinajstić information content (AvgIpc) is 2.81. The van der Waals surface area contributed by atoms with Crippen LogP contribution in [0.2, 0.25) is 0 Å². The molecule has 3 heterocycles. The summed E-state index contributed by atoms with van der Waals surface area (Å²) in [5.41, 5.74) is 0.333. The number of aromatic nitrogens is 2. The van der Waals surface area contributed by atoms with Crippen molar-refractivity contribution in [1.29, 1.82) is 0 Å². The summed E-state index contributed by atoms with van der Waals surface area (Å²) in [5, 5.41) is 10.5. The third kappa shape index (κ3) is 2.56. The van der Waals surface area contributed by atoms with Gasteiger partial charge in [-0.05, 0) is 46.2 Å². The predicted octanol–water partition coefficient (Wildman–Crippen LogP) is 1.78. The van der Waals surface area contributed by atoms with Gasteiger partial charge in [-0.2, -0.15) is 0 Å². The van der Waals surface area contributed by atoms with Gasteiger partial charge in [0, 0.05) is 26.3 Å². The molecule has 0 N–H and O–H groups in total. The van der Waals surface area contributed by atoms with Crippen LogP contribution in [0.4, 0.5) is 5.13 Å². The van der Waals surface area contributed by atoms with Gasteiger partial charge in [0.05, 0.1) is 5.54 Å². The minimum Gasteiger partial charge on any atom is -0.381 e. The van der Waals surface area contributed by atoms with Gasteiger partial charge in [0.1, 0.15) is 5.01 Å². The lowest BCUT2D eigenvalue weighted by molar-refractivity contribution is -0.0102. The van der Waals surface area contributed by atoms with E-state index in [9.17, 15) is 0 Å². The quantitative estimate of drug-likeness (QED) is 0.847. The summed E-state index contributed by atoms with van der Waals surface area (Å²) in [7, 11) is 2.26. The van der Waals surface area contributed by atoms with Crippen LogP contribution in [-0.2, 0) is 4.74 Å². The molecule has 20 heavy (non-hydrogen) atoms. The molecule has 1 aromatic rings. The van der Waals surface area contributed by atoms with E-state index in [1.165, 1.54) is 19.4 Å². The van der Waals surface area contributed by atoms with Gasteiger partial charge >= 0.3 is 0 Å². The van der Waals surface area contributed by atoms with Gasteiger partial charge in [0.15, 0.2) is 0 Å². The lowest BCUT2D eigenvalue weighted by atomic mass is 9.75. The van der Waals surface area contributed by atoms with E-state index in [4.69, 9.17) is 4.74 Å². The standard InChI is InChI=1S/C14H24N4OS/c1-4-19-8-12-5-6-17(3)14(7-12)9-18(10-14)13-16-15-11(2)20-13/h12H,4-10H2,1-3H3/t12-/m0/s1. The maximum Gasteiger partial charge on any atom is 0.208 e. The van der Waals surface area contributed by atoms with E-state index in [1.54, 1.807) is 11.3 Å². The second-order valence-corrected chi connectivity index (χ2v) is 7.28. The summed E-state index contributed by atoms with van der Waals surface area (Å²) in [6, 6.07) is 0.